The number of amides is 1. The molecule has 2 nitrogen and oxygen atoms in total. The molecule has 54 valence electrons. The fraction of sp³-hybridized carbons (Fsp3) is 0.833. The van der Waals surface area contributed by atoms with Gasteiger partial charge in [-0.25, -0.2) is 0 Å². The van der Waals surface area contributed by atoms with Crippen molar-refractivity contribution in [3.63, 3.8) is 0 Å². The zero-order valence-corrected chi connectivity index (χ0v) is 7.15. The number of halogens is 1. The van der Waals surface area contributed by atoms with Crippen molar-refractivity contribution in [2.45, 2.75) is 19.8 Å². The Morgan fingerprint density at radius 2 is 2.33 bits per heavy atom. The van der Waals surface area contributed by atoms with Crippen LogP contribution in [0.15, 0.2) is 0 Å². The second-order valence-corrected chi connectivity index (χ2v) is 3.05. The van der Waals surface area contributed by atoms with E-state index in [2.05, 4.69) is 15.9 Å². The van der Waals surface area contributed by atoms with Crippen LogP contribution < -0.4 is 5.73 Å². The maximum absolute atomic E-state index is 10.3. The predicted molar refractivity (Wildman–Crippen MR) is 41.4 cm³/mol. The van der Waals surface area contributed by atoms with E-state index in [1.165, 1.54) is 0 Å². The second-order valence-electron chi connectivity index (χ2n) is 2.25. The highest BCUT2D eigenvalue weighted by Gasteiger charge is 2.03. The molecule has 0 saturated heterocycles. The lowest BCUT2D eigenvalue weighted by atomic mass is 10.1. The quantitative estimate of drug-likeness (QED) is 0.673. The lowest BCUT2D eigenvalue weighted by molar-refractivity contribution is -0.118. The number of hydrogen-bond acceptors (Lipinski definition) is 1. The van der Waals surface area contributed by atoms with Crippen molar-refractivity contribution < 1.29 is 4.79 Å². The molecule has 1 amide bonds. The summed E-state index contributed by atoms with van der Waals surface area (Å²) in [6.45, 7) is 2.02. The Morgan fingerprint density at radius 1 is 1.78 bits per heavy atom. The third kappa shape index (κ3) is 5.83. The Kier molecular flexibility index (Phi) is 4.77. The Bertz CT molecular complexity index is 95.1. The third-order valence-corrected chi connectivity index (χ3v) is 1.61. The molecule has 0 aromatic heterocycles. The largest absolute Gasteiger partial charge is 0.370 e. The van der Waals surface area contributed by atoms with Crippen molar-refractivity contribution in [3.05, 3.63) is 0 Å². The van der Waals surface area contributed by atoms with Crippen LogP contribution in [0.5, 0.6) is 0 Å². The molecule has 0 aliphatic rings. The summed E-state index contributed by atoms with van der Waals surface area (Å²) in [5.41, 5.74) is 4.97. The summed E-state index contributed by atoms with van der Waals surface area (Å²) in [6, 6.07) is 0. The van der Waals surface area contributed by atoms with Crippen LogP contribution in [0.4, 0.5) is 0 Å². The SMILES string of the molecule is CC(CCBr)CC(N)=O. The van der Waals surface area contributed by atoms with Gasteiger partial charge in [-0.2, -0.15) is 0 Å². The van der Waals surface area contributed by atoms with E-state index in [9.17, 15) is 4.79 Å². The highest BCUT2D eigenvalue weighted by atomic mass is 79.9. The predicted octanol–water partition coefficient (Wildman–Crippen LogP) is 1.28. The first-order valence-corrected chi connectivity index (χ1v) is 4.13. The van der Waals surface area contributed by atoms with Crippen LogP contribution in [0.2, 0.25) is 0 Å². The highest BCUT2D eigenvalue weighted by Crippen LogP contribution is 2.07. The van der Waals surface area contributed by atoms with Crippen molar-refractivity contribution >= 4 is 21.8 Å². The summed E-state index contributed by atoms with van der Waals surface area (Å²) >= 11 is 3.29. The van der Waals surface area contributed by atoms with Gasteiger partial charge in [0.25, 0.3) is 0 Å². The molecule has 9 heavy (non-hydrogen) atoms. The number of nitrogens with two attached hydrogens (primary N) is 1. The fourth-order valence-corrected chi connectivity index (χ4v) is 1.41. The molecule has 1 atom stereocenters. The van der Waals surface area contributed by atoms with Crippen LogP contribution in [0.1, 0.15) is 19.8 Å². The molecule has 0 aromatic rings. The molecule has 0 aliphatic heterocycles. The van der Waals surface area contributed by atoms with Gasteiger partial charge < -0.3 is 5.73 Å². The Morgan fingerprint density at radius 3 is 2.67 bits per heavy atom. The van der Waals surface area contributed by atoms with Gasteiger partial charge >= 0.3 is 0 Å². The van der Waals surface area contributed by atoms with E-state index in [0.29, 0.717) is 12.3 Å². The van der Waals surface area contributed by atoms with Gasteiger partial charge in [0.2, 0.25) is 5.91 Å². The van der Waals surface area contributed by atoms with Crippen molar-refractivity contribution in [1.82, 2.24) is 0 Å². The van der Waals surface area contributed by atoms with Crippen LogP contribution in [0.25, 0.3) is 0 Å². The van der Waals surface area contributed by atoms with E-state index in [0.717, 1.165) is 11.8 Å². The number of carbonyl (C=O) groups excluding carboxylic acids is 1. The molecule has 1 unspecified atom stereocenters. The van der Waals surface area contributed by atoms with Gasteiger partial charge in [-0.3, -0.25) is 4.79 Å². The minimum absolute atomic E-state index is 0.205. The average Bonchev–Trinajstić information content (AvgIpc) is 1.63. The normalized spacial score (nSPS) is 13.1. The van der Waals surface area contributed by atoms with Crippen LogP contribution in [-0.2, 0) is 4.79 Å². The van der Waals surface area contributed by atoms with Gasteiger partial charge in [-0.1, -0.05) is 22.9 Å². The first-order chi connectivity index (χ1) is 4.16. The Labute approximate surface area is 63.9 Å². The lowest BCUT2D eigenvalue weighted by Crippen LogP contribution is -2.14. The molecule has 0 aliphatic carbocycles. The summed E-state index contributed by atoms with van der Waals surface area (Å²) < 4.78 is 0. The molecule has 0 aromatic carbocycles. The smallest absolute Gasteiger partial charge is 0.217 e. The van der Waals surface area contributed by atoms with E-state index in [1.54, 1.807) is 0 Å². The summed E-state index contributed by atoms with van der Waals surface area (Å²) in [7, 11) is 0. The molecule has 0 heterocycles. The van der Waals surface area contributed by atoms with Crippen LogP contribution in [0.3, 0.4) is 0 Å². The fourth-order valence-electron chi connectivity index (χ4n) is 0.632. The van der Waals surface area contributed by atoms with E-state index in [-0.39, 0.29) is 5.91 Å². The molecule has 0 fully saturated rings. The molecule has 0 rings (SSSR count). The Hall–Kier alpha value is -0.0500. The van der Waals surface area contributed by atoms with E-state index < -0.39 is 0 Å². The highest BCUT2D eigenvalue weighted by molar-refractivity contribution is 9.09. The van der Waals surface area contributed by atoms with Crippen molar-refractivity contribution in [2.24, 2.45) is 11.7 Å². The molecule has 2 N–H and O–H groups in total. The number of carbonyl (C=O) groups is 1. The minimum atomic E-state index is -0.205. The van der Waals surface area contributed by atoms with Crippen LogP contribution >= 0.6 is 15.9 Å². The third-order valence-electron chi connectivity index (χ3n) is 1.15. The van der Waals surface area contributed by atoms with E-state index in [4.69, 9.17) is 5.73 Å². The Balaban J connectivity index is 3.26. The zero-order valence-electron chi connectivity index (χ0n) is 5.56. The number of hydrogen-bond donors (Lipinski definition) is 1. The monoisotopic (exact) mass is 193 g/mol. The summed E-state index contributed by atoms with van der Waals surface area (Å²) in [6.07, 6.45) is 1.52. The average molecular weight is 194 g/mol. The van der Waals surface area contributed by atoms with Crippen molar-refractivity contribution in [1.29, 1.82) is 0 Å². The van der Waals surface area contributed by atoms with Gasteiger partial charge in [0.15, 0.2) is 0 Å². The maximum Gasteiger partial charge on any atom is 0.217 e. The first-order valence-electron chi connectivity index (χ1n) is 3.01. The van der Waals surface area contributed by atoms with Crippen molar-refractivity contribution in [2.75, 3.05) is 5.33 Å². The summed E-state index contributed by atoms with van der Waals surface area (Å²) in [5, 5.41) is 0.946. The number of alkyl halides is 1. The number of primary amides is 1. The van der Waals surface area contributed by atoms with Gasteiger partial charge in [0.05, 0.1) is 0 Å². The molecular weight excluding hydrogens is 182 g/mol. The van der Waals surface area contributed by atoms with Gasteiger partial charge in [0, 0.05) is 11.8 Å². The zero-order chi connectivity index (χ0) is 7.28. The molecule has 0 bridgehead atoms. The second kappa shape index (κ2) is 4.79. The van der Waals surface area contributed by atoms with E-state index >= 15 is 0 Å². The van der Waals surface area contributed by atoms with Gasteiger partial charge in [0.1, 0.15) is 0 Å². The molecule has 0 spiro atoms. The maximum atomic E-state index is 10.3. The number of rotatable bonds is 4. The van der Waals surface area contributed by atoms with Gasteiger partial charge in [-0.05, 0) is 12.3 Å². The van der Waals surface area contributed by atoms with Crippen LogP contribution in [0, 0.1) is 5.92 Å². The van der Waals surface area contributed by atoms with E-state index in [1.807, 2.05) is 6.92 Å². The lowest BCUT2D eigenvalue weighted by Gasteiger charge is -2.04. The standard InChI is InChI=1S/C6H12BrNO/c1-5(2-3-7)4-6(8)9/h5H,2-4H2,1H3,(H2,8,9). The molecule has 3 heteroatoms. The molecule has 0 saturated carbocycles. The molecular formula is C6H12BrNO. The molecule has 0 radical (unpaired) electrons. The summed E-state index contributed by atoms with van der Waals surface area (Å²) in [4.78, 5) is 10.3. The van der Waals surface area contributed by atoms with Crippen LogP contribution in [-0.4, -0.2) is 11.2 Å². The minimum Gasteiger partial charge on any atom is -0.370 e. The summed E-state index contributed by atoms with van der Waals surface area (Å²) in [5.74, 6) is 0.213. The topological polar surface area (TPSA) is 43.1 Å². The van der Waals surface area contributed by atoms with Crippen molar-refractivity contribution in [3.8, 4) is 0 Å². The van der Waals surface area contributed by atoms with Gasteiger partial charge in [-0.15, -0.1) is 0 Å². The first kappa shape index (κ1) is 8.95.